The predicted octanol–water partition coefficient (Wildman–Crippen LogP) is 2.91. The Hall–Kier alpha value is -1.24. The highest BCUT2D eigenvalue weighted by molar-refractivity contribution is 5.85. The van der Waals surface area contributed by atoms with Gasteiger partial charge in [-0.05, 0) is 25.0 Å². The molecule has 0 fully saturated rings. The van der Waals surface area contributed by atoms with Gasteiger partial charge in [-0.1, -0.05) is 25.1 Å². The summed E-state index contributed by atoms with van der Waals surface area (Å²) in [4.78, 5) is 3.35. The van der Waals surface area contributed by atoms with E-state index in [2.05, 4.69) is 31.0 Å². The van der Waals surface area contributed by atoms with E-state index in [0.717, 1.165) is 12.0 Å². The van der Waals surface area contributed by atoms with Crippen molar-refractivity contribution in [1.29, 1.82) is 0 Å². The maximum atomic E-state index is 4.05. The minimum atomic E-state index is 1.02. The normalized spacial score (nSPS) is 10.8. The van der Waals surface area contributed by atoms with Gasteiger partial charge in [0.05, 0.1) is 0 Å². The maximum absolute atomic E-state index is 4.05. The van der Waals surface area contributed by atoms with Crippen molar-refractivity contribution < 1.29 is 0 Å². The summed E-state index contributed by atoms with van der Waals surface area (Å²) >= 11 is 0. The van der Waals surface area contributed by atoms with Crippen molar-refractivity contribution in [3.8, 4) is 0 Å². The summed E-state index contributed by atoms with van der Waals surface area (Å²) in [6.07, 6.45) is 1.02. The smallest absolute Gasteiger partial charge is 0.0458 e. The van der Waals surface area contributed by atoms with Gasteiger partial charge < -0.3 is 4.98 Å². The van der Waals surface area contributed by atoms with E-state index in [1.54, 1.807) is 0 Å². The molecule has 0 spiro atoms. The molecule has 2 aromatic rings. The van der Waals surface area contributed by atoms with E-state index in [9.17, 15) is 0 Å². The molecule has 1 aromatic carbocycles. The van der Waals surface area contributed by atoms with Crippen molar-refractivity contribution >= 4 is 10.9 Å². The Morgan fingerprint density at radius 3 is 2.75 bits per heavy atom. The quantitative estimate of drug-likeness (QED) is 0.656. The fraction of sp³-hybridized carbons (Fsp3) is 0.182. The first-order valence-electron chi connectivity index (χ1n) is 4.24. The number of aryl methyl sites for hydroxylation is 1. The highest BCUT2D eigenvalue weighted by Gasteiger charge is 2.03. The first-order valence-corrected chi connectivity index (χ1v) is 4.24. The second-order valence-electron chi connectivity index (χ2n) is 2.98. The van der Waals surface area contributed by atoms with Crippen LogP contribution in [0.25, 0.3) is 10.9 Å². The minimum Gasteiger partial charge on any atom is -0.358 e. The van der Waals surface area contributed by atoms with E-state index in [4.69, 9.17) is 0 Å². The van der Waals surface area contributed by atoms with Crippen molar-refractivity contribution in [3.63, 3.8) is 0 Å². The Kier molecular flexibility index (Phi) is 1.65. The predicted molar refractivity (Wildman–Crippen MR) is 52.1 cm³/mol. The SMILES string of the molecule is [CH2]c1c(CC)[nH]c2ccccc12. The number of aromatic amines is 1. The number of hydrogen-bond acceptors (Lipinski definition) is 0. The average Bonchev–Trinajstić information content (AvgIpc) is 2.44. The third-order valence-corrected chi connectivity index (χ3v) is 2.26. The van der Waals surface area contributed by atoms with Gasteiger partial charge in [0.25, 0.3) is 0 Å². The van der Waals surface area contributed by atoms with Crippen molar-refractivity contribution in [2.75, 3.05) is 0 Å². The van der Waals surface area contributed by atoms with Crippen molar-refractivity contribution in [3.05, 3.63) is 42.4 Å². The summed E-state index contributed by atoms with van der Waals surface area (Å²) in [6, 6.07) is 8.28. The number of hydrogen-bond donors (Lipinski definition) is 1. The molecule has 1 radical (unpaired) electrons. The number of aromatic nitrogens is 1. The number of para-hydroxylation sites is 1. The lowest BCUT2D eigenvalue weighted by Crippen LogP contribution is -1.80. The topological polar surface area (TPSA) is 15.8 Å². The van der Waals surface area contributed by atoms with Crippen LogP contribution in [-0.2, 0) is 6.42 Å². The van der Waals surface area contributed by atoms with Crippen LogP contribution in [0.3, 0.4) is 0 Å². The fourth-order valence-corrected chi connectivity index (χ4v) is 1.56. The van der Waals surface area contributed by atoms with Gasteiger partial charge in [0.15, 0.2) is 0 Å². The van der Waals surface area contributed by atoms with E-state index in [1.807, 2.05) is 12.1 Å². The molecule has 0 bridgehead atoms. The minimum absolute atomic E-state index is 1.02. The number of benzene rings is 1. The summed E-state index contributed by atoms with van der Waals surface area (Å²) in [5.74, 6) is 0. The lowest BCUT2D eigenvalue weighted by Gasteiger charge is -1.91. The molecule has 0 aliphatic heterocycles. The second-order valence-corrected chi connectivity index (χ2v) is 2.98. The molecule has 1 heterocycles. The van der Waals surface area contributed by atoms with Crippen LogP contribution < -0.4 is 0 Å². The summed E-state index contributed by atoms with van der Waals surface area (Å²) in [6.45, 7) is 6.19. The van der Waals surface area contributed by atoms with Crippen molar-refractivity contribution in [2.24, 2.45) is 0 Å². The zero-order chi connectivity index (χ0) is 8.55. The molecule has 12 heavy (non-hydrogen) atoms. The van der Waals surface area contributed by atoms with Gasteiger partial charge in [-0.3, -0.25) is 0 Å². The van der Waals surface area contributed by atoms with Gasteiger partial charge in [0.2, 0.25) is 0 Å². The highest BCUT2D eigenvalue weighted by atomic mass is 14.7. The number of nitrogens with one attached hydrogen (secondary N) is 1. The molecular formula is C11H12N. The molecule has 0 amide bonds. The van der Waals surface area contributed by atoms with Crippen LogP contribution in [0.4, 0.5) is 0 Å². The van der Waals surface area contributed by atoms with Gasteiger partial charge >= 0.3 is 0 Å². The molecule has 1 nitrogen and oxygen atoms in total. The molecule has 61 valence electrons. The molecule has 0 saturated heterocycles. The molecule has 1 N–H and O–H groups in total. The van der Waals surface area contributed by atoms with E-state index >= 15 is 0 Å². The van der Waals surface area contributed by atoms with Crippen LogP contribution >= 0.6 is 0 Å². The van der Waals surface area contributed by atoms with E-state index in [-0.39, 0.29) is 0 Å². The van der Waals surface area contributed by atoms with Crippen LogP contribution in [0.15, 0.2) is 24.3 Å². The molecule has 0 aliphatic rings. The Bertz CT molecular complexity index is 398. The Labute approximate surface area is 72.4 Å². The maximum Gasteiger partial charge on any atom is 0.0458 e. The average molecular weight is 158 g/mol. The van der Waals surface area contributed by atoms with Crippen LogP contribution in [-0.4, -0.2) is 4.98 Å². The zero-order valence-corrected chi connectivity index (χ0v) is 7.22. The van der Waals surface area contributed by atoms with Gasteiger partial charge in [-0.2, -0.15) is 0 Å². The number of fused-ring (bicyclic) bond motifs is 1. The van der Waals surface area contributed by atoms with Gasteiger partial charge in [-0.15, -0.1) is 0 Å². The van der Waals surface area contributed by atoms with Gasteiger partial charge in [0, 0.05) is 16.6 Å². The molecule has 0 saturated carbocycles. The summed E-state index contributed by atoms with van der Waals surface area (Å²) < 4.78 is 0. The van der Waals surface area contributed by atoms with Crippen LogP contribution in [0, 0.1) is 6.92 Å². The second kappa shape index (κ2) is 2.67. The van der Waals surface area contributed by atoms with E-state index in [0.29, 0.717) is 0 Å². The Morgan fingerprint density at radius 2 is 2.08 bits per heavy atom. The lowest BCUT2D eigenvalue weighted by atomic mass is 10.1. The van der Waals surface area contributed by atoms with Gasteiger partial charge in [-0.25, -0.2) is 0 Å². The number of H-pyrrole nitrogens is 1. The molecule has 0 atom stereocenters. The highest BCUT2D eigenvalue weighted by Crippen LogP contribution is 2.20. The van der Waals surface area contributed by atoms with Crippen LogP contribution in [0.5, 0.6) is 0 Å². The third kappa shape index (κ3) is 0.934. The van der Waals surface area contributed by atoms with Crippen LogP contribution in [0.1, 0.15) is 18.2 Å². The Morgan fingerprint density at radius 1 is 1.33 bits per heavy atom. The van der Waals surface area contributed by atoms with Gasteiger partial charge in [0.1, 0.15) is 0 Å². The Balaban J connectivity index is 2.78. The lowest BCUT2D eigenvalue weighted by molar-refractivity contribution is 1.06. The van der Waals surface area contributed by atoms with E-state index in [1.165, 1.54) is 16.6 Å². The molecule has 0 aliphatic carbocycles. The number of rotatable bonds is 1. The monoisotopic (exact) mass is 158 g/mol. The summed E-state index contributed by atoms with van der Waals surface area (Å²) in [5.41, 5.74) is 3.59. The summed E-state index contributed by atoms with van der Waals surface area (Å²) in [5, 5.41) is 1.24. The zero-order valence-electron chi connectivity index (χ0n) is 7.22. The van der Waals surface area contributed by atoms with Crippen molar-refractivity contribution in [1.82, 2.24) is 4.98 Å². The largest absolute Gasteiger partial charge is 0.358 e. The molecule has 0 unspecified atom stereocenters. The third-order valence-electron chi connectivity index (χ3n) is 2.26. The molecule has 2 rings (SSSR count). The first kappa shape index (κ1) is 7.41. The first-order chi connectivity index (χ1) is 5.83. The molecule has 1 heteroatoms. The summed E-state index contributed by atoms with van der Waals surface area (Å²) in [7, 11) is 0. The molecule has 1 aromatic heterocycles. The van der Waals surface area contributed by atoms with E-state index < -0.39 is 0 Å². The fourth-order valence-electron chi connectivity index (χ4n) is 1.56. The van der Waals surface area contributed by atoms with Crippen molar-refractivity contribution in [2.45, 2.75) is 13.3 Å². The van der Waals surface area contributed by atoms with Crippen LogP contribution in [0.2, 0.25) is 0 Å². The standard InChI is InChI=1S/C11H12N/c1-3-10-8(2)9-6-4-5-7-11(9)12-10/h4-7,12H,2-3H2,1H3. The molecular weight excluding hydrogens is 146 g/mol.